The number of benzene rings is 3. The molecule has 0 N–H and O–H groups in total. The standard InChI is InChI=1S/C26H28N6/c1-4-10-22(11-5-1)20-32-25(27-28-29-32)21-30-16-18-31(19-17-30)26(23-12-6-2-7-13-23)24-14-8-3-9-15-24/h1-15,26H,16-21H2. The number of tetrazole rings is 1. The summed E-state index contributed by atoms with van der Waals surface area (Å²) in [4.78, 5) is 5.05. The van der Waals surface area contributed by atoms with Gasteiger partial charge in [-0.3, -0.25) is 9.80 Å². The van der Waals surface area contributed by atoms with Crippen molar-refractivity contribution in [1.29, 1.82) is 0 Å². The van der Waals surface area contributed by atoms with Crippen molar-refractivity contribution in [1.82, 2.24) is 30.0 Å². The van der Waals surface area contributed by atoms with Crippen LogP contribution in [-0.2, 0) is 13.1 Å². The van der Waals surface area contributed by atoms with Crippen LogP contribution in [0.15, 0.2) is 91.0 Å². The van der Waals surface area contributed by atoms with Crippen molar-refractivity contribution >= 4 is 0 Å². The third kappa shape index (κ3) is 4.77. The van der Waals surface area contributed by atoms with Crippen LogP contribution in [0.4, 0.5) is 0 Å². The van der Waals surface area contributed by atoms with E-state index in [2.05, 4.69) is 110 Å². The van der Waals surface area contributed by atoms with Crippen molar-refractivity contribution in [3.63, 3.8) is 0 Å². The van der Waals surface area contributed by atoms with Crippen molar-refractivity contribution in [2.24, 2.45) is 0 Å². The highest BCUT2D eigenvalue weighted by molar-refractivity contribution is 5.32. The molecule has 0 unspecified atom stereocenters. The van der Waals surface area contributed by atoms with E-state index in [1.54, 1.807) is 0 Å². The molecule has 1 saturated heterocycles. The Morgan fingerprint density at radius 2 is 1.22 bits per heavy atom. The van der Waals surface area contributed by atoms with Crippen molar-refractivity contribution in [3.05, 3.63) is 114 Å². The van der Waals surface area contributed by atoms with Gasteiger partial charge in [-0.15, -0.1) is 5.10 Å². The molecule has 1 aliphatic rings. The molecule has 0 saturated carbocycles. The summed E-state index contributed by atoms with van der Waals surface area (Å²) in [6.07, 6.45) is 0. The Bertz CT molecular complexity index is 1050. The molecule has 1 fully saturated rings. The first-order valence-electron chi connectivity index (χ1n) is 11.2. The van der Waals surface area contributed by atoms with Gasteiger partial charge in [0.1, 0.15) is 0 Å². The number of aromatic nitrogens is 4. The Labute approximate surface area is 189 Å². The minimum absolute atomic E-state index is 0.281. The number of piperazine rings is 1. The fourth-order valence-electron chi connectivity index (χ4n) is 4.48. The molecule has 0 spiro atoms. The largest absolute Gasteiger partial charge is 0.293 e. The summed E-state index contributed by atoms with van der Waals surface area (Å²) >= 11 is 0. The lowest BCUT2D eigenvalue weighted by atomic mass is 9.96. The van der Waals surface area contributed by atoms with E-state index < -0.39 is 0 Å². The summed E-state index contributed by atoms with van der Waals surface area (Å²) in [6, 6.07) is 32.3. The molecule has 6 nitrogen and oxygen atoms in total. The zero-order valence-electron chi connectivity index (χ0n) is 18.2. The zero-order valence-corrected chi connectivity index (χ0v) is 18.2. The zero-order chi connectivity index (χ0) is 21.6. The van der Waals surface area contributed by atoms with Crippen molar-refractivity contribution < 1.29 is 0 Å². The highest BCUT2D eigenvalue weighted by Crippen LogP contribution is 2.29. The molecular weight excluding hydrogens is 396 g/mol. The molecule has 0 aliphatic carbocycles. The van der Waals surface area contributed by atoms with Gasteiger partial charge in [-0.05, 0) is 27.1 Å². The quantitative estimate of drug-likeness (QED) is 0.453. The summed E-state index contributed by atoms with van der Waals surface area (Å²) in [5.41, 5.74) is 3.90. The van der Waals surface area contributed by atoms with E-state index in [9.17, 15) is 0 Å². The van der Waals surface area contributed by atoms with Crippen LogP contribution in [0, 0.1) is 0 Å². The van der Waals surface area contributed by atoms with E-state index in [4.69, 9.17) is 0 Å². The molecule has 0 amide bonds. The van der Waals surface area contributed by atoms with E-state index in [0.717, 1.165) is 38.5 Å². The lowest BCUT2D eigenvalue weighted by molar-refractivity contribution is 0.102. The van der Waals surface area contributed by atoms with Gasteiger partial charge in [0, 0.05) is 26.2 Å². The van der Waals surface area contributed by atoms with Gasteiger partial charge in [0.25, 0.3) is 0 Å². The smallest absolute Gasteiger partial charge is 0.165 e. The molecule has 3 aromatic carbocycles. The first-order chi connectivity index (χ1) is 15.9. The molecule has 0 bridgehead atoms. The molecule has 0 atom stereocenters. The monoisotopic (exact) mass is 424 g/mol. The van der Waals surface area contributed by atoms with E-state index in [0.29, 0.717) is 6.54 Å². The van der Waals surface area contributed by atoms with Gasteiger partial charge in [-0.2, -0.15) is 0 Å². The number of rotatable bonds is 7. The summed E-state index contributed by atoms with van der Waals surface area (Å²) < 4.78 is 1.92. The molecule has 1 aliphatic heterocycles. The lowest BCUT2D eigenvalue weighted by Crippen LogP contribution is -2.47. The number of hydrogen-bond acceptors (Lipinski definition) is 5. The van der Waals surface area contributed by atoms with E-state index in [-0.39, 0.29) is 6.04 Å². The van der Waals surface area contributed by atoms with Gasteiger partial charge in [0.05, 0.1) is 19.1 Å². The lowest BCUT2D eigenvalue weighted by Gasteiger charge is -2.39. The Hall–Kier alpha value is -3.35. The van der Waals surface area contributed by atoms with E-state index >= 15 is 0 Å². The highest BCUT2D eigenvalue weighted by atomic mass is 15.5. The molecule has 32 heavy (non-hydrogen) atoms. The summed E-state index contributed by atoms with van der Waals surface area (Å²) in [7, 11) is 0. The van der Waals surface area contributed by atoms with Crippen LogP contribution < -0.4 is 0 Å². The Morgan fingerprint density at radius 3 is 1.81 bits per heavy atom. The second-order valence-corrected chi connectivity index (χ2v) is 8.27. The van der Waals surface area contributed by atoms with Crippen molar-refractivity contribution in [2.75, 3.05) is 26.2 Å². The Kier molecular flexibility index (Phi) is 6.32. The predicted octanol–water partition coefficient (Wildman–Crippen LogP) is 3.63. The summed E-state index contributed by atoms with van der Waals surface area (Å²) in [5.74, 6) is 0.921. The Morgan fingerprint density at radius 1 is 0.656 bits per heavy atom. The van der Waals surface area contributed by atoms with Gasteiger partial charge in [0.15, 0.2) is 5.82 Å². The molecule has 2 heterocycles. The minimum atomic E-state index is 0.281. The maximum Gasteiger partial charge on any atom is 0.165 e. The fraction of sp³-hybridized carbons (Fsp3) is 0.269. The summed E-state index contributed by atoms with van der Waals surface area (Å²) in [5, 5.41) is 12.5. The van der Waals surface area contributed by atoms with Crippen molar-refractivity contribution in [3.8, 4) is 0 Å². The average molecular weight is 425 g/mol. The summed E-state index contributed by atoms with van der Waals surface area (Å²) in [6.45, 7) is 5.48. The third-order valence-corrected chi connectivity index (χ3v) is 6.15. The maximum atomic E-state index is 4.30. The van der Waals surface area contributed by atoms with Gasteiger partial charge >= 0.3 is 0 Å². The van der Waals surface area contributed by atoms with Crippen LogP contribution >= 0.6 is 0 Å². The molecule has 5 rings (SSSR count). The van der Waals surface area contributed by atoms with Gasteiger partial charge in [0.2, 0.25) is 0 Å². The van der Waals surface area contributed by atoms with Gasteiger partial charge in [-0.25, -0.2) is 4.68 Å². The molecule has 0 radical (unpaired) electrons. The average Bonchev–Trinajstić information content (AvgIpc) is 3.29. The van der Waals surface area contributed by atoms with Crippen LogP contribution in [0.1, 0.15) is 28.6 Å². The van der Waals surface area contributed by atoms with Crippen LogP contribution in [0.2, 0.25) is 0 Å². The van der Waals surface area contributed by atoms with Crippen LogP contribution in [0.5, 0.6) is 0 Å². The molecule has 4 aromatic rings. The second kappa shape index (κ2) is 9.85. The fourth-order valence-corrected chi connectivity index (χ4v) is 4.48. The Balaban J connectivity index is 1.26. The minimum Gasteiger partial charge on any atom is -0.293 e. The van der Waals surface area contributed by atoms with Crippen LogP contribution in [-0.4, -0.2) is 56.2 Å². The van der Waals surface area contributed by atoms with Crippen molar-refractivity contribution in [2.45, 2.75) is 19.1 Å². The highest BCUT2D eigenvalue weighted by Gasteiger charge is 2.27. The van der Waals surface area contributed by atoms with E-state index in [1.165, 1.54) is 16.7 Å². The first-order valence-corrected chi connectivity index (χ1v) is 11.2. The van der Waals surface area contributed by atoms with E-state index in [1.807, 2.05) is 10.7 Å². The first kappa shape index (κ1) is 20.5. The number of nitrogens with zero attached hydrogens (tertiary/aromatic N) is 6. The van der Waals surface area contributed by atoms with Crippen LogP contribution in [0.3, 0.4) is 0 Å². The molecular formula is C26H28N6. The maximum absolute atomic E-state index is 4.30. The molecule has 162 valence electrons. The number of hydrogen-bond donors (Lipinski definition) is 0. The molecule has 6 heteroatoms. The normalized spacial score (nSPS) is 15.3. The second-order valence-electron chi connectivity index (χ2n) is 8.27. The molecule has 1 aromatic heterocycles. The third-order valence-electron chi connectivity index (χ3n) is 6.15. The predicted molar refractivity (Wildman–Crippen MR) is 125 cm³/mol. The van der Waals surface area contributed by atoms with Gasteiger partial charge in [-0.1, -0.05) is 91.0 Å². The van der Waals surface area contributed by atoms with Gasteiger partial charge < -0.3 is 0 Å². The van der Waals surface area contributed by atoms with Crippen LogP contribution in [0.25, 0.3) is 0 Å². The topological polar surface area (TPSA) is 50.1 Å². The SMILES string of the molecule is c1ccc(Cn2nnnc2CN2CCN(C(c3ccccc3)c3ccccc3)CC2)cc1.